The number of alkyl carbamates (subject to hydrolysis) is 1. The first-order valence-corrected chi connectivity index (χ1v) is 14.2. The number of amides is 1. The first kappa shape index (κ1) is 33.0. The van der Waals surface area contributed by atoms with Crippen LogP contribution < -0.4 is 26.9 Å². The first-order valence-electron chi connectivity index (χ1n) is 14.2. The molecule has 0 fully saturated rings. The largest absolute Gasteiger partial charge is 1.00 e. The fraction of sp³-hybridized carbons (Fsp3) is 0.857. The Morgan fingerprint density at radius 2 is 1.26 bits per heavy atom. The van der Waals surface area contributed by atoms with E-state index in [0.717, 1.165) is 19.4 Å². The molecule has 200 valence electrons. The van der Waals surface area contributed by atoms with Crippen molar-refractivity contribution in [2.75, 3.05) is 13.2 Å². The monoisotopic (exact) mass is 543 g/mol. The number of aryl methyl sites for hydroxylation is 1. The Bertz CT molecular complexity index is 566. The molecule has 0 atom stereocenters. The SMILES string of the molecule is CCCCCCCCCCCCCCCCCC[n+]1ccn(CCOC(=O)NCCCC)c1.[Br-]. The summed E-state index contributed by atoms with van der Waals surface area (Å²) < 4.78 is 9.55. The van der Waals surface area contributed by atoms with E-state index in [-0.39, 0.29) is 23.1 Å². The van der Waals surface area contributed by atoms with Crippen LogP contribution in [0.3, 0.4) is 0 Å². The summed E-state index contributed by atoms with van der Waals surface area (Å²) in [6.07, 6.45) is 30.5. The Balaban J connectivity index is 0.0000109. The second-order valence-corrected chi connectivity index (χ2v) is 9.61. The lowest BCUT2D eigenvalue weighted by molar-refractivity contribution is -0.696. The molecule has 0 bridgehead atoms. The van der Waals surface area contributed by atoms with E-state index < -0.39 is 0 Å². The molecule has 0 spiro atoms. The van der Waals surface area contributed by atoms with Gasteiger partial charge in [0.1, 0.15) is 25.5 Å². The van der Waals surface area contributed by atoms with Crippen LogP contribution in [0.1, 0.15) is 129 Å². The number of aromatic nitrogens is 2. The number of halogens is 1. The van der Waals surface area contributed by atoms with Gasteiger partial charge in [0.05, 0.1) is 6.54 Å². The fourth-order valence-corrected chi connectivity index (χ4v) is 4.21. The maximum absolute atomic E-state index is 11.5. The number of carbonyl (C=O) groups is 1. The highest BCUT2D eigenvalue weighted by Crippen LogP contribution is 2.13. The summed E-state index contributed by atoms with van der Waals surface area (Å²) in [4.78, 5) is 11.5. The van der Waals surface area contributed by atoms with Gasteiger partial charge in [0, 0.05) is 6.54 Å². The predicted octanol–water partition coefficient (Wildman–Crippen LogP) is 4.57. The molecule has 1 heterocycles. The topological polar surface area (TPSA) is 47.1 Å². The highest BCUT2D eigenvalue weighted by atomic mass is 79.9. The molecule has 1 aromatic rings. The summed E-state index contributed by atoms with van der Waals surface area (Å²) in [5.74, 6) is 0. The summed E-state index contributed by atoms with van der Waals surface area (Å²) in [6, 6.07) is 0. The smallest absolute Gasteiger partial charge is 0.407 e. The van der Waals surface area contributed by atoms with Gasteiger partial charge in [-0.25, -0.2) is 13.9 Å². The van der Waals surface area contributed by atoms with Gasteiger partial charge in [-0.2, -0.15) is 0 Å². The van der Waals surface area contributed by atoms with Crippen molar-refractivity contribution in [3.05, 3.63) is 18.7 Å². The lowest BCUT2D eigenvalue weighted by Gasteiger charge is -2.04. The van der Waals surface area contributed by atoms with Crippen LogP contribution in [-0.4, -0.2) is 23.8 Å². The molecule has 0 aliphatic carbocycles. The lowest BCUT2D eigenvalue weighted by Crippen LogP contribution is -3.00. The molecule has 0 aliphatic heterocycles. The van der Waals surface area contributed by atoms with Crippen molar-refractivity contribution in [2.24, 2.45) is 0 Å². The van der Waals surface area contributed by atoms with Crippen molar-refractivity contribution in [1.29, 1.82) is 0 Å². The zero-order valence-electron chi connectivity index (χ0n) is 22.4. The number of ether oxygens (including phenoxy) is 1. The Kier molecular flexibility index (Phi) is 24.3. The van der Waals surface area contributed by atoms with Gasteiger partial charge >= 0.3 is 6.09 Å². The van der Waals surface area contributed by atoms with E-state index >= 15 is 0 Å². The third-order valence-corrected chi connectivity index (χ3v) is 6.40. The molecule has 1 amide bonds. The number of nitrogens with zero attached hydrogens (tertiary/aromatic N) is 2. The quantitative estimate of drug-likeness (QED) is 0.162. The van der Waals surface area contributed by atoms with E-state index in [1.165, 1.54) is 103 Å². The molecule has 0 aliphatic rings. The summed E-state index contributed by atoms with van der Waals surface area (Å²) in [6.45, 7) is 7.27. The van der Waals surface area contributed by atoms with Crippen LogP contribution in [0.25, 0.3) is 0 Å². The van der Waals surface area contributed by atoms with E-state index in [9.17, 15) is 4.79 Å². The van der Waals surface area contributed by atoms with E-state index in [0.29, 0.717) is 19.7 Å². The molecule has 0 unspecified atom stereocenters. The Morgan fingerprint density at radius 3 is 1.79 bits per heavy atom. The molecule has 0 radical (unpaired) electrons. The second kappa shape index (κ2) is 25.1. The summed E-state index contributed by atoms with van der Waals surface area (Å²) in [7, 11) is 0. The third-order valence-electron chi connectivity index (χ3n) is 6.40. The van der Waals surface area contributed by atoms with Crippen LogP contribution in [0.4, 0.5) is 4.79 Å². The van der Waals surface area contributed by atoms with Crippen molar-refractivity contribution in [2.45, 2.75) is 143 Å². The average Bonchev–Trinajstić information content (AvgIpc) is 3.26. The average molecular weight is 545 g/mol. The van der Waals surface area contributed by atoms with Crippen molar-refractivity contribution in [1.82, 2.24) is 9.88 Å². The fourth-order valence-electron chi connectivity index (χ4n) is 4.21. The molecule has 34 heavy (non-hydrogen) atoms. The molecular weight excluding hydrogens is 490 g/mol. The van der Waals surface area contributed by atoms with Gasteiger partial charge in [0.15, 0.2) is 0 Å². The zero-order valence-corrected chi connectivity index (χ0v) is 24.0. The molecule has 0 saturated carbocycles. The summed E-state index contributed by atoms with van der Waals surface area (Å²) >= 11 is 0. The number of nitrogens with one attached hydrogen (secondary N) is 1. The van der Waals surface area contributed by atoms with E-state index in [2.05, 4.69) is 47.0 Å². The Morgan fingerprint density at radius 1 is 0.765 bits per heavy atom. The highest BCUT2D eigenvalue weighted by molar-refractivity contribution is 5.66. The predicted molar refractivity (Wildman–Crippen MR) is 138 cm³/mol. The van der Waals surface area contributed by atoms with Crippen LogP contribution in [-0.2, 0) is 17.8 Å². The van der Waals surface area contributed by atoms with Gasteiger partial charge in [0.25, 0.3) is 0 Å². The van der Waals surface area contributed by atoms with E-state index in [1.54, 1.807) is 0 Å². The number of rotatable bonds is 23. The van der Waals surface area contributed by atoms with E-state index in [4.69, 9.17) is 4.74 Å². The van der Waals surface area contributed by atoms with Gasteiger partial charge in [-0.15, -0.1) is 0 Å². The molecule has 0 aromatic carbocycles. The van der Waals surface area contributed by atoms with Gasteiger partial charge < -0.3 is 27.0 Å². The maximum atomic E-state index is 11.5. The number of hydrogen-bond acceptors (Lipinski definition) is 2. The van der Waals surface area contributed by atoms with E-state index in [1.807, 2.05) is 0 Å². The summed E-state index contributed by atoms with van der Waals surface area (Å²) in [5, 5.41) is 2.77. The molecule has 1 rings (SSSR count). The highest BCUT2D eigenvalue weighted by Gasteiger charge is 2.06. The molecule has 5 nitrogen and oxygen atoms in total. The van der Waals surface area contributed by atoms with Crippen LogP contribution in [0.2, 0.25) is 0 Å². The molecule has 0 saturated heterocycles. The molecular formula is C28H54BrN3O2. The van der Waals surface area contributed by atoms with Crippen molar-refractivity contribution in [3.63, 3.8) is 0 Å². The number of imidazole rings is 1. The van der Waals surface area contributed by atoms with Gasteiger partial charge in [0.2, 0.25) is 6.33 Å². The zero-order chi connectivity index (χ0) is 23.8. The normalized spacial score (nSPS) is 10.8. The first-order chi connectivity index (χ1) is 16.3. The van der Waals surface area contributed by atoms with Crippen LogP contribution in [0, 0.1) is 0 Å². The van der Waals surface area contributed by atoms with Crippen LogP contribution in [0.15, 0.2) is 18.7 Å². The van der Waals surface area contributed by atoms with Crippen molar-refractivity contribution in [3.8, 4) is 0 Å². The minimum absolute atomic E-state index is 0. The summed E-state index contributed by atoms with van der Waals surface area (Å²) in [5.41, 5.74) is 0. The van der Waals surface area contributed by atoms with Gasteiger partial charge in [-0.05, 0) is 19.3 Å². The molecule has 1 aromatic heterocycles. The van der Waals surface area contributed by atoms with Crippen LogP contribution in [0.5, 0.6) is 0 Å². The van der Waals surface area contributed by atoms with Gasteiger partial charge in [-0.3, -0.25) is 0 Å². The van der Waals surface area contributed by atoms with Gasteiger partial charge in [-0.1, -0.05) is 110 Å². The number of hydrogen-bond donors (Lipinski definition) is 1. The van der Waals surface area contributed by atoms with Crippen molar-refractivity contribution < 1.29 is 31.1 Å². The Labute approximate surface area is 221 Å². The minimum Gasteiger partial charge on any atom is -1.00 e. The lowest BCUT2D eigenvalue weighted by atomic mass is 10.0. The minimum atomic E-state index is -0.309. The Hall–Kier alpha value is -1.04. The second-order valence-electron chi connectivity index (χ2n) is 9.61. The standard InChI is InChI=1S/C28H53N3O2.BrH/c1-3-5-7-8-9-10-11-12-13-14-15-16-17-18-19-20-22-30-23-24-31(27-30)25-26-33-28(32)29-21-6-4-2;/h23-24,27H,3-22,25-26H2,1-2H3;1H. The molecule has 6 heteroatoms. The van der Waals surface area contributed by atoms with Crippen LogP contribution >= 0.6 is 0 Å². The maximum Gasteiger partial charge on any atom is 0.407 e. The molecule has 1 N–H and O–H groups in total. The number of carbonyl (C=O) groups excluding carboxylic acids is 1. The number of unbranched alkanes of at least 4 members (excludes halogenated alkanes) is 16. The third kappa shape index (κ3) is 20.3. The van der Waals surface area contributed by atoms with Crippen molar-refractivity contribution >= 4 is 6.09 Å².